The van der Waals surface area contributed by atoms with Crippen molar-refractivity contribution in [1.29, 1.82) is 5.26 Å². The van der Waals surface area contributed by atoms with E-state index in [0.29, 0.717) is 30.0 Å². The third-order valence-corrected chi connectivity index (χ3v) is 8.61. The smallest absolute Gasteiger partial charge is 0.159 e. The molecule has 0 unspecified atom stereocenters. The van der Waals surface area contributed by atoms with Crippen LogP contribution in [0, 0.1) is 39.9 Å². The fraction of sp³-hybridized carbons (Fsp3) is 0.810. The first-order valence-corrected chi connectivity index (χ1v) is 9.60. The number of ketones is 1. The maximum Gasteiger partial charge on any atom is 0.159 e. The Morgan fingerprint density at radius 2 is 1.88 bits per heavy atom. The van der Waals surface area contributed by atoms with Crippen molar-refractivity contribution in [3.8, 4) is 6.07 Å². The van der Waals surface area contributed by atoms with E-state index in [2.05, 4.69) is 19.9 Å². The Labute approximate surface area is 145 Å². The summed E-state index contributed by atoms with van der Waals surface area (Å²) in [5, 5.41) is 9.86. The molecule has 3 heteroatoms. The van der Waals surface area contributed by atoms with E-state index in [1.807, 2.05) is 6.08 Å². The van der Waals surface area contributed by atoms with E-state index in [0.717, 1.165) is 32.1 Å². The average Bonchev–Trinajstić information content (AvgIpc) is 2.88. The van der Waals surface area contributed by atoms with Gasteiger partial charge in [-0.15, -0.1) is 0 Å². The molecule has 0 spiro atoms. The summed E-state index contributed by atoms with van der Waals surface area (Å²) in [6.45, 7) is 4.72. The van der Waals surface area contributed by atoms with Crippen LogP contribution >= 0.6 is 0 Å². The number of methoxy groups -OCH3 is 1. The van der Waals surface area contributed by atoms with Gasteiger partial charge in [0, 0.05) is 18.9 Å². The minimum absolute atomic E-state index is 0.0142. The Balaban J connectivity index is 1.70. The first-order valence-electron chi connectivity index (χ1n) is 9.60. The van der Waals surface area contributed by atoms with Gasteiger partial charge in [0.15, 0.2) is 11.4 Å². The number of fused-ring (bicyclic) bond motifs is 5. The lowest BCUT2D eigenvalue weighted by molar-refractivity contribution is -0.123. The summed E-state index contributed by atoms with van der Waals surface area (Å²) >= 11 is 0. The zero-order valence-electron chi connectivity index (χ0n) is 15.2. The third-order valence-electron chi connectivity index (χ3n) is 8.61. The summed E-state index contributed by atoms with van der Waals surface area (Å²) in [6.07, 6.45) is 10.2. The molecule has 0 aromatic carbocycles. The SMILES string of the molecule is CO[C@]1(C#N)CC[C@@H]2[C@@H]3CCC4=CC(=O)CC[C@]4(C)[C@@H]3CC[C@@]21C. The van der Waals surface area contributed by atoms with Crippen molar-refractivity contribution in [3.63, 3.8) is 0 Å². The molecule has 3 fully saturated rings. The van der Waals surface area contributed by atoms with Crippen LogP contribution < -0.4 is 0 Å². The van der Waals surface area contributed by atoms with Gasteiger partial charge < -0.3 is 4.74 Å². The van der Waals surface area contributed by atoms with Gasteiger partial charge in [-0.25, -0.2) is 0 Å². The third kappa shape index (κ3) is 1.84. The lowest BCUT2D eigenvalue weighted by Gasteiger charge is -2.58. The average molecular weight is 327 g/mol. The van der Waals surface area contributed by atoms with Crippen LogP contribution in [-0.4, -0.2) is 18.5 Å². The second kappa shape index (κ2) is 5.18. The number of allylic oxidation sites excluding steroid dienone is 1. The molecule has 130 valence electrons. The fourth-order valence-electron chi connectivity index (χ4n) is 7.12. The van der Waals surface area contributed by atoms with Crippen molar-refractivity contribution in [3.05, 3.63) is 11.6 Å². The maximum atomic E-state index is 11.9. The minimum atomic E-state index is -0.595. The van der Waals surface area contributed by atoms with Crippen molar-refractivity contribution in [2.24, 2.45) is 28.6 Å². The maximum absolute atomic E-state index is 11.9. The van der Waals surface area contributed by atoms with E-state index in [-0.39, 0.29) is 10.8 Å². The largest absolute Gasteiger partial charge is 0.363 e. The number of carbonyl (C=O) groups is 1. The van der Waals surface area contributed by atoms with E-state index in [4.69, 9.17) is 4.74 Å². The number of nitriles is 1. The van der Waals surface area contributed by atoms with E-state index in [1.165, 1.54) is 18.4 Å². The molecule has 0 N–H and O–H groups in total. The Hall–Kier alpha value is -1.14. The predicted molar refractivity (Wildman–Crippen MR) is 92.1 cm³/mol. The highest BCUT2D eigenvalue weighted by atomic mass is 16.5. The highest BCUT2D eigenvalue weighted by Crippen LogP contribution is 2.67. The quantitative estimate of drug-likeness (QED) is 0.716. The van der Waals surface area contributed by atoms with Gasteiger partial charge in [-0.1, -0.05) is 19.4 Å². The van der Waals surface area contributed by atoms with Crippen molar-refractivity contribution in [2.75, 3.05) is 7.11 Å². The molecular weight excluding hydrogens is 298 g/mol. The fourth-order valence-corrected chi connectivity index (χ4v) is 7.12. The van der Waals surface area contributed by atoms with Crippen molar-refractivity contribution in [1.82, 2.24) is 0 Å². The van der Waals surface area contributed by atoms with Crippen molar-refractivity contribution < 1.29 is 9.53 Å². The Morgan fingerprint density at radius 3 is 2.58 bits per heavy atom. The van der Waals surface area contributed by atoms with E-state index < -0.39 is 5.60 Å². The Morgan fingerprint density at radius 1 is 1.12 bits per heavy atom. The molecule has 3 saturated carbocycles. The molecule has 0 aromatic rings. The lowest BCUT2D eigenvalue weighted by Crippen LogP contribution is -2.55. The van der Waals surface area contributed by atoms with Gasteiger partial charge in [-0.3, -0.25) is 4.79 Å². The first kappa shape index (κ1) is 16.3. The molecule has 4 aliphatic carbocycles. The number of nitrogens with zero attached hydrogens (tertiary/aromatic N) is 1. The van der Waals surface area contributed by atoms with Crippen LogP contribution in [0.2, 0.25) is 0 Å². The number of hydrogen-bond donors (Lipinski definition) is 0. The van der Waals surface area contributed by atoms with Gasteiger partial charge in [0.2, 0.25) is 0 Å². The monoisotopic (exact) mass is 327 g/mol. The van der Waals surface area contributed by atoms with Crippen LogP contribution in [0.15, 0.2) is 11.6 Å². The summed E-state index contributed by atoms with van der Waals surface area (Å²) in [5.74, 6) is 2.27. The molecule has 0 radical (unpaired) electrons. The van der Waals surface area contributed by atoms with Crippen LogP contribution in [-0.2, 0) is 9.53 Å². The Kier molecular flexibility index (Phi) is 3.52. The van der Waals surface area contributed by atoms with Gasteiger partial charge >= 0.3 is 0 Å². The van der Waals surface area contributed by atoms with Crippen LogP contribution in [0.4, 0.5) is 0 Å². The molecular formula is C21H29NO2. The summed E-state index contributed by atoms with van der Waals surface area (Å²) in [5.41, 5.74) is 1.02. The van der Waals surface area contributed by atoms with E-state index >= 15 is 0 Å². The number of ether oxygens (including phenoxy) is 1. The van der Waals surface area contributed by atoms with Crippen LogP contribution in [0.5, 0.6) is 0 Å². The zero-order valence-corrected chi connectivity index (χ0v) is 15.2. The van der Waals surface area contributed by atoms with Gasteiger partial charge in [0.05, 0.1) is 6.07 Å². The van der Waals surface area contributed by atoms with Crippen LogP contribution in [0.3, 0.4) is 0 Å². The summed E-state index contributed by atoms with van der Waals surface area (Å²) in [7, 11) is 1.72. The number of carbonyl (C=O) groups excluding carboxylic acids is 1. The van der Waals surface area contributed by atoms with Crippen molar-refractivity contribution >= 4 is 5.78 Å². The zero-order chi connectivity index (χ0) is 17.2. The normalized spacial score (nSPS) is 50.3. The second-order valence-corrected chi connectivity index (χ2v) is 9.11. The highest BCUT2D eigenvalue weighted by Gasteiger charge is 2.65. The summed E-state index contributed by atoms with van der Waals surface area (Å²) in [6, 6.07) is 2.56. The first-order chi connectivity index (χ1) is 11.4. The topological polar surface area (TPSA) is 50.1 Å². The summed E-state index contributed by atoms with van der Waals surface area (Å²) < 4.78 is 5.83. The molecule has 24 heavy (non-hydrogen) atoms. The standard InChI is InChI=1S/C21H29NO2/c1-19-9-6-15(23)12-14(19)4-5-16-17(19)7-10-20(2)18(16)8-11-21(20,13-22)24-3/h12,16-18H,4-11H2,1-3H3/t16-,17-,18-,19+,20+,21+/m1/s1. The highest BCUT2D eigenvalue weighted by molar-refractivity contribution is 5.91. The molecule has 0 aromatic heterocycles. The van der Waals surface area contributed by atoms with E-state index in [9.17, 15) is 10.1 Å². The molecule has 0 amide bonds. The predicted octanol–water partition coefficient (Wildman–Crippen LogP) is 4.43. The van der Waals surface area contributed by atoms with Gasteiger partial charge in [-0.2, -0.15) is 5.26 Å². The lowest BCUT2D eigenvalue weighted by atomic mass is 9.46. The molecule has 0 saturated heterocycles. The molecule has 6 atom stereocenters. The minimum Gasteiger partial charge on any atom is -0.363 e. The van der Waals surface area contributed by atoms with Gasteiger partial charge in [0.1, 0.15) is 0 Å². The molecule has 0 heterocycles. The van der Waals surface area contributed by atoms with Crippen LogP contribution in [0.25, 0.3) is 0 Å². The number of hydrogen-bond acceptors (Lipinski definition) is 3. The number of rotatable bonds is 1. The van der Waals surface area contributed by atoms with Gasteiger partial charge in [0.25, 0.3) is 0 Å². The van der Waals surface area contributed by atoms with E-state index in [1.54, 1.807) is 7.11 Å². The van der Waals surface area contributed by atoms with Crippen molar-refractivity contribution in [2.45, 2.75) is 70.8 Å². The molecule has 0 bridgehead atoms. The second-order valence-electron chi connectivity index (χ2n) is 9.11. The summed E-state index contributed by atoms with van der Waals surface area (Å²) in [4.78, 5) is 11.9. The van der Waals surface area contributed by atoms with Gasteiger partial charge in [-0.05, 0) is 74.2 Å². The molecule has 0 aliphatic heterocycles. The molecule has 4 aliphatic rings. The Bertz CT molecular complexity index is 647. The molecule has 4 rings (SSSR count). The molecule has 3 nitrogen and oxygen atoms in total. The van der Waals surface area contributed by atoms with Crippen LogP contribution in [0.1, 0.15) is 65.2 Å².